The first-order valence-electron chi connectivity index (χ1n) is 7.66. The summed E-state index contributed by atoms with van der Waals surface area (Å²) in [6.07, 6.45) is -2.89. The summed E-state index contributed by atoms with van der Waals surface area (Å²) in [6.45, 7) is 0.458. The third kappa shape index (κ3) is 4.64. The Morgan fingerprint density at radius 3 is 2.58 bits per heavy atom. The van der Waals surface area contributed by atoms with Gasteiger partial charge in [-0.1, -0.05) is 35.9 Å². The number of aromatic nitrogens is 2. The highest BCUT2D eigenvalue weighted by atomic mass is 35.5. The van der Waals surface area contributed by atoms with Gasteiger partial charge in [-0.3, -0.25) is 0 Å². The molecule has 0 aliphatic carbocycles. The number of alkyl halides is 3. The van der Waals surface area contributed by atoms with E-state index in [9.17, 15) is 13.2 Å². The van der Waals surface area contributed by atoms with Gasteiger partial charge in [-0.15, -0.1) is 0 Å². The van der Waals surface area contributed by atoms with Crippen molar-refractivity contribution in [3.63, 3.8) is 0 Å². The molecule has 134 valence electrons. The minimum absolute atomic E-state index is 0.188. The van der Waals surface area contributed by atoms with Gasteiger partial charge in [0.15, 0.2) is 0 Å². The molecule has 0 atom stereocenters. The number of halogens is 4. The van der Waals surface area contributed by atoms with Crippen molar-refractivity contribution >= 4 is 29.1 Å². The number of benzene rings is 2. The number of nitrogens with zero attached hydrogens (tertiary/aromatic N) is 2. The summed E-state index contributed by atoms with van der Waals surface area (Å²) in [6, 6.07) is 13.9. The summed E-state index contributed by atoms with van der Waals surface area (Å²) < 4.78 is 38.4. The quantitative estimate of drug-likeness (QED) is 0.615. The van der Waals surface area contributed by atoms with E-state index < -0.39 is 11.7 Å². The Morgan fingerprint density at radius 2 is 1.81 bits per heavy atom. The molecule has 0 unspecified atom stereocenters. The fourth-order valence-electron chi connectivity index (χ4n) is 2.25. The van der Waals surface area contributed by atoms with Gasteiger partial charge < -0.3 is 10.6 Å². The largest absolute Gasteiger partial charge is 0.416 e. The number of nitrogens with one attached hydrogen (secondary N) is 2. The van der Waals surface area contributed by atoms with Gasteiger partial charge >= 0.3 is 6.18 Å². The lowest BCUT2D eigenvalue weighted by molar-refractivity contribution is -0.137. The summed E-state index contributed by atoms with van der Waals surface area (Å²) in [4.78, 5) is 8.28. The van der Waals surface area contributed by atoms with E-state index >= 15 is 0 Å². The van der Waals surface area contributed by atoms with Gasteiger partial charge in [-0.2, -0.15) is 18.2 Å². The zero-order chi connectivity index (χ0) is 18.6. The van der Waals surface area contributed by atoms with Crippen LogP contribution >= 0.6 is 11.6 Å². The Balaban J connectivity index is 1.71. The van der Waals surface area contributed by atoms with Gasteiger partial charge in [0, 0.05) is 23.5 Å². The van der Waals surface area contributed by atoms with Crippen LogP contribution in [0.2, 0.25) is 5.02 Å². The van der Waals surface area contributed by atoms with Crippen LogP contribution in [-0.4, -0.2) is 9.97 Å². The van der Waals surface area contributed by atoms with Crippen molar-refractivity contribution in [2.24, 2.45) is 0 Å². The molecule has 0 aliphatic heterocycles. The van der Waals surface area contributed by atoms with Gasteiger partial charge in [0.2, 0.25) is 5.95 Å². The fraction of sp³-hybridized carbons (Fsp3) is 0.111. The van der Waals surface area contributed by atoms with Crippen LogP contribution in [-0.2, 0) is 12.7 Å². The molecule has 1 aromatic heterocycles. The second-order valence-corrected chi connectivity index (χ2v) is 5.82. The topological polar surface area (TPSA) is 49.8 Å². The van der Waals surface area contributed by atoms with Crippen molar-refractivity contribution < 1.29 is 13.2 Å². The molecule has 2 N–H and O–H groups in total. The van der Waals surface area contributed by atoms with Crippen LogP contribution in [0.25, 0.3) is 0 Å². The molecule has 0 radical (unpaired) electrons. The molecule has 0 fully saturated rings. The van der Waals surface area contributed by atoms with Gasteiger partial charge in [0.05, 0.1) is 5.56 Å². The minimum atomic E-state index is -4.41. The van der Waals surface area contributed by atoms with E-state index in [0.717, 1.165) is 17.7 Å². The predicted molar refractivity (Wildman–Crippen MR) is 95.5 cm³/mol. The van der Waals surface area contributed by atoms with E-state index in [4.69, 9.17) is 11.6 Å². The maximum atomic E-state index is 12.8. The molecule has 0 saturated carbocycles. The molecule has 0 saturated heterocycles. The average molecular weight is 379 g/mol. The highest BCUT2D eigenvalue weighted by Crippen LogP contribution is 2.31. The van der Waals surface area contributed by atoms with Gasteiger partial charge in [0.1, 0.15) is 5.82 Å². The Bertz CT molecular complexity index is 899. The maximum Gasteiger partial charge on any atom is 0.416 e. The third-order valence-electron chi connectivity index (χ3n) is 3.52. The van der Waals surface area contributed by atoms with Crippen LogP contribution in [0, 0.1) is 0 Å². The highest BCUT2D eigenvalue weighted by Gasteiger charge is 2.30. The predicted octanol–water partition coefficient (Wildman–Crippen LogP) is 5.50. The van der Waals surface area contributed by atoms with E-state index in [1.807, 2.05) is 18.2 Å². The minimum Gasteiger partial charge on any atom is -0.366 e. The molecule has 26 heavy (non-hydrogen) atoms. The molecular formula is C18H14ClF3N4. The van der Waals surface area contributed by atoms with Crippen molar-refractivity contribution in [1.29, 1.82) is 0 Å². The first kappa shape index (κ1) is 18.0. The number of anilines is 3. The summed E-state index contributed by atoms with van der Waals surface area (Å²) in [5, 5.41) is 6.52. The Morgan fingerprint density at radius 1 is 1.00 bits per heavy atom. The molecule has 0 aliphatic rings. The van der Waals surface area contributed by atoms with Crippen molar-refractivity contribution in [2.75, 3.05) is 10.6 Å². The van der Waals surface area contributed by atoms with Gasteiger partial charge in [-0.05, 0) is 35.9 Å². The summed E-state index contributed by atoms with van der Waals surface area (Å²) in [5.74, 6) is 0.711. The summed E-state index contributed by atoms with van der Waals surface area (Å²) >= 11 is 6.10. The van der Waals surface area contributed by atoms with Crippen LogP contribution in [0.15, 0.2) is 60.8 Å². The molecule has 0 spiro atoms. The van der Waals surface area contributed by atoms with E-state index in [1.165, 1.54) is 18.3 Å². The zero-order valence-electron chi connectivity index (χ0n) is 13.4. The van der Waals surface area contributed by atoms with E-state index in [2.05, 4.69) is 20.6 Å². The molecule has 0 amide bonds. The highest BCUT2D eigenvalue weighted by molar-refractivity contribution is 6.31. The lowest BCUT2D eigenvalue weighted by atomic mass is 10.2. The Labute approximate surface area is 153 Å². The molecule has 3 rings (SSSR count). The lowest BCUT2D eigenvalue weighted by Gasteiger charge is -2.11. The van der Waals surface area contributed by atoms with Gasteiger partial charge in [-0.25, -0.2) is 4.98 Å². The van der Waals surface area contributed by atoms with Crippen molar-refractivity contribution in [2.45, 2.75) is 12.7 Å². The van der Waals surface area contributed by atoms with Crippen molar-refractivity contribution in [3.8, 4) is 0 Å². The van der Waals surface area contributed by atoms with Crippen molar-refractivity contribution in [1.82, 2.24) is 9.97 Å². The van der Waals surface area contributed by atoms with E-state index in [1.54, 1.807) is 12.1 Å². The van der Waals surface area contributed by atoms with E-state index in [-0.39, 0.29) is 11.6 Å². The first-order chi connectivity index (χ1) is 12.4. The molecule has 2 aromatic carbocycles. The lowest BCUT2D eigenvalue weighted by Crippen LogP contribution is -2.06. The Kier molecular flexibility index (Phi) is 5.27. The smallest absolute Gasteiger partial charge is 0.366 e. The second-order valence-electron chi connectivity index (χ2n) is 5.41. The molecule has 0 bridgehead atoms. The molecule has 8 heteroatoms. The average Bonchev–Trinajstić information content (AvgIpc) is 2.61. The van der Waals surface area contributed by atoms with Crippen LogP contribution in [0.1, 0.15) is 11.1 Å². The first-order valence-corrected chi connectivity index (χ1v) is 8.04. The second kappa shape index (κ2) is 7.61. The third-order valence-corrected chi connectivity index (χ3v) is 3.89. The van der Waals surface area contributed by atoms with Crippen LogP contribution in [0.3, 0.4) is 0 Å². The SMILES string of the molecule is FC(F)(F)c1cccc(Nc2nccc(NCc3ccccc3Cl)n2)c1. The van der Waals surface area contributed by atoms with Crippen LogP contribution < -0.4 is 10.6 Å². The molecule has 1 heterocycles. The van der Waals surface area contributed by atoms with Crippen molar-refractivity contribution in [3.05, 3.63) is 76.9 Å². The van der Waals surface area contributed by atoms with Gasteiger partial charge in [0.25, 0.3) is 0 Å². The summed E-state index contributed by atoms with van der Waals surface area (Å²) in [7, 11) is 0. The summed E-state index contributed by atoms with van der Waals surface area (Å²) in [5.41, 5.74) is 0.416. The fourth-order valence-corrected chi connectivity index (χ4v) is 2.45. The van der Waals surface area contributed by atoms with Crippen LogP contribution in [0.4, 0.5) is 30.6 Å². The number of hydrogen-bond acceptors (Lipinski definition) is 4. The molecule has 4 nitrogen and oxygen atoms in total. The number of hydrogen-bond donors (Lipinski definition) is 2. The standard InChI is InChI=1S/C18H14ClF3N4/c19-15-7-2-1-4-12(15)11-24-16-8-9-23-17(26-16)25-14-6-3-5-13(10-14)18(20,21)22/h1-10H,11H2,(H2,23,24,25,26). The number of rotatable bonds is 5. The normalized spacial score (nSPS) is 11.2. The monoisotopic (exact) mass is 378 g/mol. The molecule has 3 aromatic rings. The Hall–Kier alpha value is -2.80. The van der Waals surface area contributed by atoms with E-state index in [0.29, 0.717) is 17.4 Å². The molecular weight excluding hydrogens is 365 g/mol. The van der Waals surface area contributed by atoms with Crippen LogP contribution in [0.5, 0.6) is 0 Å². The zero-order valence-corrected chi connectivity index (χ0v) is 14.1. The maximum absolute atomic E-state index is 12.8.